The molecule has 0 N–H and O–H groups in total. The van der Waals surface area contributed by atoms with E-state index in [1.165, 1.54) is 0 Å². The maximum atomic E-state index is 8.90. The SMILES string of the molecule is N#Cc1cccc(OC[C@@H]2CO2)c1C#N. The van der Waals surface area contributed by atoms with Gasteiger partial charge in [-0.15, -0.1) is 0 Å². The topological polar surface area (TPSA) is 69.3 Å². The van der Waals surface area contributed by atoms with Gasteiger partial charge in [0.05, 0.1) is 12.2 Å². The molecule has 0 spiro atoms. The molecule has 0 bridgehead atoms. The van der Waals surface area contributed by atoms with Crippen LogP contribution in [0.15, 0.2) is 18.2 Å². The molecule has 1 aromatic rings. The molecule has 0 unspecified atom stereocenters. The first-order valence-electron chi connectivity index (χ1n) is 4.52. The van der Waals surface area contributed by atoms with Gasteiger partial charge in [0.15, 0.2) is 0 Å². The van der Waals surface area contributed by atoms with Crippen molar-refractivity contribution in [2.45, 2.75) is 6.10 Å². The molecular weight excluding hydrogens is 192 g/mol. The van der Waals surface area contributed by atoms with Crippen molar-refractivity contribution < 1.29 is 9.47 Å². The zero-order valence-corrected chi connectivity index (χ0v) is 7.93. The first-order valence-corrected chi connectivity index (χ1v) is 4.52. The largest absolute Gasteiger partial charge is 0.489 e. The highest BCUT2D eigenvalue weighted by Gasteiger charge is 2.23. The van der Waals surface area contributed by atoms with Crippen LogP contribution < -0.4 is 4.74 Å². The molecule has 1 saturated heterocycles. The van der Waals surface area contributed by atoms with Gasteiger partial charge in [0.2, 0.25) is 0 Å². The summed E-state index contributed by atoms with van der Waals surface area (Å²) in [6.07, 6.45) is 0.141. The van der Waals surface area contributed by atoms with Crippen LogP contribution in [0.4, 0.5) is 0 Å². The molecule has 1 fully saturated rings. The fraction of sp³-hybridized carbons (Fsp3) is 0.273. The second kappa shape index (κ2) is 4.00. The van der Waals surface area contributed by atoms with Gasteiger partial charge in [0.25, 0.3) is 0 Å². The Balaban J connectivity index is 2.21. The molecule has 4 heteroatoms. The second-order valence-electron chi connectivity index (χ2n) is 3.17. The standard InChI is InChI=1S/C11H8N2O2/c12-4-8-2-1-3-11(10(8)5-13)15-7-9-6-14-9/h1-3,9H,6-7H2/t9-/m0/s1. The van der Waals surface area contributed by atoms with Crippen LogP contribution in [-0.2, 0) is 4.74 Å². The minimum absolute atomic E-state index is 0.141. The van der Waals surface area contributed by atoms with E-state index in [9.17, 15) is 0 Å². The summed E-state index contributed by atoms with van der Waals surface area (Å²) in [6.45, 7) is 1.14. The highest BCUT2D eigenvalue weighted by Crippen LogP contribution is 2.22. The van der Waals surface area contributed by atoms with E-state index in [0.29, 0.717) is 30.1 Å². The summed E-state index contributed by atoms with van der Waals surface area (Å²) in [7, 11) is 0. The van der Waals surface area contributed by atoms with E-state index in [4.69, 9.17) is 20.0 Å². The van der Waals surface area contributed by atoms with Crippen LogP contribution in [-0.4, -0.2) is 19.3 Å². The Morgan fingerprint density at radius 1 is 1.40 bits per heavy atom. The lowest BCUT2D eigenvalue weighted by molar-refractivity contribution is 0.262. The number of hydrogen-bond acceptors (Lipinski definition) is 4. The van der Waals surface area contributed by atoms with Crippen molar-refractivity contribution in [3.05, 3.63) is 29.3 Å². The summed E-state index contributed by atoms with van der Waals surface area (Å²) in [6, 6.07) is 8.90. The number of nitriles is 2. The average molecular weight is 200 g/mol. The van der Waals surface area contributed by atoms with Gasteiger partial charge in [-0.2, -0.15) is 10.5 Å². The number of nitrogens with zero attached hydrogens (tertiary/aromatic N) is 2. The number of epoxide rings is 1. The number of rotatable bonds is 3. The third-order valence-electron chi connectivity index (χ3n) is 2.09. The second-order valence-corrected chi connectivity index (χ2v) is 3.17. The molecule has 15 heavy (non-hydrogen) atoms. The van der Waals surface area contributed by atoms with Gasteiger partial charge in [0.1, 0.15) is 36.2 Å². The fourth-order valence-corrected chi connectivity index (χ4v) is 1.21. The van der Waals surface area contributed by atoms with E-state index in [2.05, 4.69) is 0 Å². The highest BCUT2D eigenvalue weighted by atomic mass is 16.6. The molecule has 74 valence electrons. The Morgan fingerprint density at radius 3 is 2.80 bits per heavy atom. The molecule has 0 aliphatic carbocycles. The van der Waals surface area contributed by atoms with Gasteiger partial charge in [-0.3, -0.25) is 0 Å². The van der Waals surface area contributed by atoms with Gasteiger partial charge in [-0.25, -0.2) is 0 Å². The number of benzene rings is 1. The fourth-order valence-electron chi connectivity index (χ4n) is 1.21. The van der Waals surface area contributed by atoms with Gasteiger partial charge in [0, 0.05) is 0 Å². The van der Waals surface area contributed by atoms with E-state index in [0.717, 1.165) is 0 Å². The van der Waals surface area contributed by atoms with Crippen molar-refractivity contribution in [3.63, 3.8) is 0 Å². The first-order chi connectivity index (χ1) is 7.35. The molecule has 0 saturated carbocycles. The monoisotopic (exact) mass is 200 g/mol. The van der Waals surface area contributed by atoms with Crippen molar-refractivity contribution in [2.24, 2.45) is 0 Å². The Bertz CT molecular complexity index is 453. The normalized spacial score (nSPS) is 17.6. The van der Waals surface area contributed by atoms with E-state index in [-0.39, 0.29) is 6.10 Å². The summed E-state index contributed by atoms with van der Waals surface area (Å²) in [4.78, 5) is 0. The average Bonchev–Trinajstić information content (AvgIpc) is 3.09. The minimum Gasteiger partial charge on any atom is -0.489 e. The van der Waals surface area contributed by atoms with Crippen molar-refractivity contribution in [1.29, 1.82) is 10.5 Å². The Morgan fingerprint density at radius 2 is 2.20 bits per heavy atom. The Labute approximate surface area is 87.3 Å². The van der Waals surface area contributed by atoms with Crippen molar-refractivity contribution >= 4 is 0 Å². The van der Waals surface area contributed by atoms with Crippen molar-refractivity contribution in [3.8, 4) is 17.9 Å². The molecule has 0 amide bonds. The first kappa shape index (κ1) is 9.51. The van der Waals surface area contributed by atoms with Crippen LogP contribution in [0.25, 0.3) is 0 Å². The molecule has 2 rings (SSSR count). The molecule has 0 radical (unpaired) electrons. The predicted octanol–water partition coefficient (Wildman–Crippen LogP) is 1.21. The zero-order chi connectivity index (χ0) is 10.7. The van der Waals surface area contributed by atoms with Crippen LogP contribution in [0, 0.1) is 22.7 Å². The van der Waals surface area contributed by atoms with Crippen LogP contribution in [0.5, 0.6) is 5.75 Å². The summed E-state index contributed by atoms with van der Waals surface area (Å²) < 4.78 is 10.4. The molecule has 1 aliphatic rings. The zero-order valence-electron chi connectivity index (χ0n) is 7.93. The smallest absolute Gasteiger partial charge is 0.138 e. The Kier molecular flexibility index (Phi) is 2.53. The van der Waals surface area contributed by atoms with E-state index < -0.39 is 0 Å². The van der Waals surface area contributed by atoms with Crippen LogP contribution in [0.2, 0.25) is 0 Å². The van der Waals surface area contributed by atoms with Crippen LogP contribution in [0.3, 0.4) is 0 Å². The summed E-state index contributed by atoms with van der Waals surface area (Å²) >= 11 is 0. The number of hydrogen-bond donors (Lipinski definition) is 0. The number of ether oxygens (including phenoxy) is 2. The van der Waals surface area contributed by atoms with Gasteiger partial charge in [-0.1, -0.05) is 6.07 Å². The van der Waals surface area contributed by atoms with Crippen molar-refractivity contribution in [1.82, 2.24) is 0 Å². The van der Waals surface area contributed by atoms with Gasteiger partial charge < -0.3 is 9.47 Å². The van der Waals surface area contributed by atoms with E-state index in [1.807, 2.05) is 12.1 Å². The summed E-state index contributed by atoms with van der Waals surface area (Å²) in [5.74, 6) is 0.451. The lowest BCUT2D eigenvalue weighted by atomic mass is 10.1. The summed E-state index contributed by atoms with van der Waals surface area (Å²) in [5.41, 5.74) is 0.632. The lowest BCUT2D eigenvalue weighted by Gasteiger charge is -2.06. The van der Waals surface area contributed by atoms with Crippen LogP contribution in [0.1, 0.15) is 11.1 Å². The third-order valence-corrected chi connectivity index (χ3v) is 2.09. The quantitative estimate of drug-likeness (QED) is 0.687. The van der Waals surface area contributed by atoms with Gasteiger partial charge in [-0.05, 0) is 12.1 Å². The third kappa shape index (κ3) is 2.07. The predicted molar refractivity (Wildman–Crippen MR) is 51.1 cm³/mol. The van der Waals surface area contributed by atoms with Gasteiger partial charge >= 0.3 is 0 Å². The lowest BCUT2D eigenvalue weighted by Crippen LogP contribution is -2.05. The maximum Gasteiger partial charge on any atom is 0.138 e. The molecular formula is C11H8N2O2. The molecule has 1 heterocycles. The molecule has 1 aromatic carbocycles. The van der Waals surface area contributed by atoms with Crippen molar-refractivity contribution in [2.75, 3.05) is 13.2 Å². The molecule has 0 aromatic heterocycles. The Hall–Kier alpha value is -2.04. The minimum atomic E-state index is 0.141. The molecule has 1 atom stereocenters. The molecule has 1 aliphatic heterocycles. The van der Waals surface area contributed by atoms with Crippen LogP contribution >= 0.6 is 0 Å². The molecule has 4 nitrogen and oxygen atoms in total. The highest BCUT2D eigenvalue weighted by molar-refractivity contribution is 5.53. The summed E-state index contributed by atoms with van der Waals surface area (Å²) in [5, 5.41) is 17.7. The van der Waals surface area contributed by atoms with E-state index in [1.54, 1.807) is 18.2 Å². The maximum absolute atomic E-state index is 8.90. The van der Waals surface area contributed by atoms with E-state index >= 15 is 0 Å².